The molecule has 9 heteroatoms. The first-order chi connectivity index (χ1) is 16.6. The van der Waals surface area contributed by atoms with Crippen molar-refractivity contribution in [1.29, 1.82) is 0 Å². The number of thiophene rings is 1. The molecule has 0 spiro atoms. The Hall–Kier alpha value is -2.75. The monoisotopic (exact) mass is 484 g/mol. The van der Waals surface area contributed by atoms with Gasteiger partial charge in [-0.2, -0.15) is 0 Å². The van der Waals surface area contributed by atoms with E-state index >= 15 is 0 Å². The van der Waals surface area contributed by atoms with E-state index < -0.39 is 0 Å². The Morgan fingerprint density at radius 2 is 1.71 bits per heavy atom. The van der Waals surface area contributed by atoms with Crippen LogP contribution in [0, 0.1) is 0 Å². The van der Waals surface area contributed by atoms with Crippen molar-refractivity contribution in [2.24, 2.45) is 0 Å². The van der Waals surface area contributed by atoms with Crippen LogP contribution >= 0.6 is 11.3 Å². The van der Waals surface area contributed by atoms with Gasteiger partial charge < -0.3 is 19.9 Å². The van der Waals surface area contributed by atoms with Crippen molar-refractivity contribution in [2.45, 2.75) is 19.3 Å². The summed E-state index contributed by atoms with van der Waals surface area (Å²) in [6.45, 7) is 5.41. The fraction of sp³-hybridized carbons (Fsp3) is 0.480. The van der Waals surface area contributed by atoms with Crippen LogP contribution in [-0.4, -0.2) is 91.4 Å². The van der Waals surface area contributed by atoms with Gasteiger partial charge in [-0.3, -0.25) is 19.3 Å². The molecule has 0 atom stereocenters. The van der Waals surface area contributed by atoms with Crippen molar-refractivity contribution in [2.75, 3.05) is 64.3 Å². The summed E-state index contributed by atoms with van der Waals surface area (Å²) >= 11 is 1.70. The van der Waals surface area contributed by atoms with Crippen LogP contribution in [0.2, 0.25) is 0 Å². The number of morpholine rings is 1. The van der Waals surface area contributed by atoms with Gasteiger partial charge in [0.05, 0.1) is 19.8 Å². The summed E-state index contributed by atoms with van der Waals surface area (Å²) in [6.07, 6.45) is 2.13. The first-order valence-corrected chi connectivity index (χ1v) is 12.8. The predicted octanol–water partition coefficient (Wildman–Crippen LogP) is 2.33. The quantitative estimate of drug-likeness (QED) is 0.622. The number of carbonyl (C=O) groups is 3. The lowest BCUT2D eigenvalue weighted by Gasteiger charge is -2.36. The number of piperazine rings is 1. The Bertz CT molecular complexity index is 967. The van der Waals surface area contributed by atoms with E-state index in [0.29, 0.717) is 63.6 Å². The molecule has 2 aliphatic heterocycles. The lowest BCUT2D eigenvalue weighted by Crippen LogP contribution is -2.53. The molecule has 3 amide bonds. The summed E-state index contributed by atoms with van der Waals surface area (Å²) in [6, 6.07) is 11.2. The number of nitrogens with zero attached hydrogens (tertiary/aromatic N) is 3. The maximum atomic E-state index is 13.0. The van der Waals surface area contributed by atoms with Crippen molar-refractivity contribution in [1.82, 2.24) is 14.7 Å². The SMILES string of the molecule is O=C(CCCc1cccs1)Nc1cccc(C(=O)N2CCN(C(=O)CN3CCOCC3)CC2)c1. The lowest BCUT2D eigenvalue weighted by molar-refractivity contribution is -0.134. The summed E-state index contributed by atoms with van der Waals surface area (Å²) in [5, 5.41) is 4.95. The van der Waals surface area contributed by atoms with E-state index in [2.05, 4.69) is 16.3 Å². The molecule has 34 heavy (non-hydrogen) atoms. The Labute approximate surface area is 204 Å². The van der Waals surface area contributed by atoms with E-state index in [-0.39, 0.29) is 17.7 Å². The summed E-state index contributed by atoms with van der Waals surface area (Å²) < 4.78 is 5.34. The normalized spacial score (nSPS) is 16.9. The van der Waals surface area contributed by atoms with E-state index in [1.807, 2.05) is 16.3 Å². The maximum absolute atomic E-state index is 13.0. The highest BCUT2D eigenvalue weighted by Gasteiger charge is 2.26. The minimum Gasteiger partial charge on any atom is -0.379 e. The Morgan fingerprint density at radius 3 is 2.44 bits per heavy atom. The standard InChI is InChI=1S/C25H32N4O4S/c30-23(8-2-6-22-7-3-17-34-22)26-21-5-1-4-20(18-21)25(32)29-11-9-28(10-12-29)24(31)19-27-13-15-33-16-14-27/h1,3-5,7,17-18H,2,6,8-16,19H2,(H,26,30). The number of hydrogen-bond donors (Lipinski definition) is 1. The second-order valence-corrected chi connectivity index (χ2v) is 9.66. The zero-order valence-electron chi connectivity index (χ0n) is 19.4. The average molecular weight is 485 g/mol. The highest BCUT2D eigenvalue weighted by atomic mass is 32.1. The molecular weight excluding hydrogens is 452 g/mol. The van der Waals surface area contributed by atoms with Crippen LogP contribution in [0.5, 0.6) is 0 Å². The molecule has 2 saturated heterocycles. The lowest BCUT2D eigenvalue weighted by atomic mass is 10.1. The number of anilines is 1. The number of hydrogen-bond acceptors (Lipinski definition) is 6. The van der Waals surface area contributed by atoms with Crippen LogP contribution in [-0.2, 0) is 20.7 Å². The van der Waals surface area contributed by atoms with Crippen LogP contribution in [0.4, 0.5) is 5.69 Å². The number of amides is 3. The van der Waals surface area contributed by atoms with E-state index in [4.69, 9.17) is 4.74 Å². The Kier molecular flexibility index (Phi) is 8.67. The third-order valence-electron chi connectivity index (χ3n) is 6.18. The van der Waals surface area contributed by atoms with Crippen molar-refractivity contribution in [3.8, 4) is 0 Å². The summed E-state index contributed by atoms with van der Waals surface area (Å²) in [4.78, 5) is 45.0. The van der Waals surface area contributed by atoms with Gasteiger partial charge in [0, 0.05) is 61.8 Å². The topological polar surface area (TPSA) is 82.2 Å². The van der Waals surface area contributed by atoms with Gasteiger partial charge in [0.2, 0.25) is 11.8 Å². The molecule has 2 fully saturated rings. The zero-order chi connectivity index (χ0) is 23.8. The molecule has 1 N–H and O–H groups in total. The average Bonchev–Trinajstić information content (AvgIpc) is 3.38. The molecule has 1 aromatic carbocycles. The molecule has 0 bridgehead atoms. The number of aryl methyl sites for hydroxylation is 1. The van der Waals surface area contributed by atoms with E-state index in [0.717, 1.165) is 25.9 Å². The van der Waals surface area contributed by atoms with Gasteiger partial charge in [-0.1, -0.05) is 12.1 Å². The zero-order valence-corrected chi connectivity index (χ0v) is 20.2. The van der Waals surface area contributed by atoms with Crippen LogP contribution in [0.3, 0.4) is 0 Å². The minimum absolute atomic E-state index is 0.0476. The predicted molar refractivity (Wildman–Crippen MR) is 132 cm³/mol. The van der Waals surface area contributed by atoms with E-state index in [9.17, 15) is 14.4 Å². The van der Waals surface area contributed by atoms with Crippen LogP contribution < -0.4 is 5.32 Å². The molecular formula is C25H32N4O4S. The number of rotatable bonds is 8. The Morgan fingerprint density at radius 1 is 0.941 bits per heavy atom. The smallest absolute Gasteiger partial charge is 0.254 e. The molecule has 2 aromatic rings. The molecule has 0 radical (unpaired) electrons. The van der Waals surface area contributed by atoms with Crippen molar-refractivity contribution < 1.29 is 19.1 Å². The third kappa shape index (κ3) is 6.88. The van der Waals surface area contributed by atoms with Gasteiger partial charge in [0.25, 0.3) is 5.91 Å². The third-order valence-corrected chi connectivity index (χ3v) is 7.12. The second-order valence-electron chi connectivity index (χ2n) is 8.62. The molecule has 0 aliphatic carbocycles. The highest BCUT2D eigenvalue weighted by molar-refractivity contribution is 7.09. The molecule has 2 aliphatic rings. The molecule has 4 rings (SSSR count). The summed E-state index contributed by atoms with van der Waals surface area (Å²) in [5.41, 5.74) is 1.18. The summed E-state index contributed by atoms with van der Waals surface area (Å²) in [5.74, 6) is -0.0135. The fourth-order valence-electron chi connectivity index (χ4n) is 4.22. The van der Waals surface area contributed by atoms with E-state index in [1.54, 1.807) is 40.5 Å². The van der Waals surface area contributed by atoms with E-state index in [1.165, 1.54) is 4.88 Å². The number of carbonyl (C=O) groups excluding carboxylic acids is 3. The first-order valence-electron chi connectivity index (χ1n) is 11.9. The van der Waals surface area contributed by atoms with Gasteiger partial charge in [-0.15, -0.1) is 11.3 Å². The van der Waals surface area contributed by atoms with Gasteiger partial charge in [-0.05, 0) is 42.5 Å². The number of nitrogens with one attached hydrogen (secondary N) is 1. The Balaban J connectivity index is 1.22. The molecule has 0 unspecified atom stereocenters. The van der Waals surface area contributed by atoms with Gasteiger partial charge in [0.1, 0.15) is 0 Å². The first kappa shape index (κ1) is 24.4. The highest BCUT2D eigenvalue weighted by Crippen LogP contribution is 2.16. The van der Waals surface area contributed by atoms with Gasteiger partial charge in [0.15, 0.2) is 0 Å². The molecule has 182 valence electrons. The largest absolute Gasteiger partial charge is 0.379 e. The van der Waals surface area contributed by atoms with Crippen LogP contribution in [0.15, 0.2) is 41.8 Å². The van der Waals surface area contributed by atoms with Gasteiger partial charge >= 0.3 is 0 Å². The van der Waals surface area contributed by atoms with Crippen LogP contribution in [0.25, 0.3) is 0 Å². The molecule has 8 nitrogen and oxygen atoms in total. The number of benzene rings is 1. The van der Waals surface area contributed by atoms with Crippen LogP contribution in [0.1, 0.15) is 28.1 Å². The molecule has 0 saturated carbocycles. The summed E-state index contributed by atoms with van der Waals surface area (Å²) in [7, 11) is 0. The van der Waals surface area contributed by atoms with Crippen molar-refractivity contribution >= 4 is 34.7 Å². The molecule has 1 aromatic heterocycles. The maximum Gasteiger partial charge on any atom is 0.254 e. The van der Waals surface area contributed by atoms with Crippen molar-refractivity contribution in [3.63, 3.8) is 0 Å². The minimum atomic E-state index is -0.0749. The van der Waals surface area contributed by atoms with Crippen molar-refractivity contribution in [3.05, 3.63) is 52.2 Å². The fourth-order valence-corrected chi connectivity index (χ4v) is 4.97. The number of ether oxygens (including phenoxy) is 1. The van der Waals surface area contributed by atoms with Gasteiger partial charge in [-0.25, -0.2) is 0 Å². The second kappa shape index (κ2) is 12.1. The molecule has 3 heterocycles.